The number of aromatic nitrogens is 4. The molecule has 4 aromatic rings. The number of aromatic carboxylic acids is 1. The molecule has 0 saturated carbocycles. The van der Waals surface area contributed by atoms with E-state index in [0.29, 0.717) is 24.3 Å². The number of carbonyl (C=O) groups is 1. The predicted octanol–water partition coefficient (Wildman–Crippen LogP) is -11.6. The van der Waals surface area contributed by atoms with Crippen molar-refractivity contribution in [3.05, 3.63) is 58.9 Å². The average molecular weight is 796 g/mol. The van der Waals surface area contributed by atoms with E-state index in [1.807, 2.05) is 0 Å². The van der Waals surface area contributed by atoms with Gasteiger partial charge < -0.3 is 29.4 Å². The van der Waals surface area contributed by atoms with Crippen molar-refractivity contribution in [1.29, 1.82) is 0 Å². The summed E-state index contributed by atoms with van der Waals surface area (Å²) in [6.07, 6.45) is -1.19. The van der Waals surface area contributed by atoms with Crippen molar-refractivity contribution in [3.63, 3.8) is 0 Å². The Balaban J connectivity index is 0.00000576. The second-order valence-electron chi connectivity index (χ2n) is 8.46. The fourth-order valence-electron chi connectivity index (χ4n) is 3.55. The van der Waals surface area contributed by atoms with Crippen molar-refractivity contribution >= 4 is 70.8 Å². The van der Waals surface area contributed by atoms with Crippen molar-refractivity contribution in [2.24, 2.45) is 10.2 Å². The summed E-state index contributed by atoms with van der Waals surface area (Å²) in [5.41, 5.74) is -4.69. The van der Waals surface area contributed by atoms with Gasteiger partial charge >= 0.3 is 124 Å². The van der Waals surface area contributed by atoms with Gasteiger partial charge in [0.2, 0.25) is 0 Å². The largest absolute Gasteiger partial charge is 1.00 e. The third-order valence-electron chi connectivity index (χ3n) is 5.48. The normalized spacial score (nSPS) is 11.5. The molecule has 28 heteroatoms. The third-order valence-corrected chi connectivity index (χ3v) is 8.54. The summed E-state index contributed by atoms with van der Waals surface area (Å²) in [7, 11) is -15.9. The number of carboxylic acids is 1. The van der Waals surface area contributed by atoms with Crippen molar-refractivity contribution in [1.82, 2.24) is 19.7 Å². The first-order chi connectivity index (χ1) is 20.7. The molecule has 0 unspecified atom stereocenters. The molecule has 4 rings (SSSR count). The van der Waals surface area contributed by atoms with Crippen LogP contribution in [0.1, 0.15) is 16.2 Å². The quantitative estimate of drug-likeness (QED) is 0.0688. The molecule has 0 radical (unpaired) electrons. The molecule has 0 spiro atoms. The number of hydrogen-bond donors (Lipinski definition) is 2. The second kappa shape index (κ2) is 18.4. The molecule has 0 aliphatic heterocycles. The van der Waals surface area contributed by atoms with Crippen LogP contribution in [-0.4, -0.2) is 64.6 Å². The molecule has 19 nitrogen and oxygen atoms in total. The van der Waals surface area contributed by atoms with Crippen LogP contribution in [-0.2, 0) is 30.4 Å². The van der Waals surface area contributed by atoms with Gasteiger partial charge in [-0.15, -0.1) is 10.2 Å². The van der Waals surface area contributed by atoms with Crippen LogP contribution in [0.25, 0.3) is 5.69 Å². The topological polar surface area (TPSA) is 312 Å². The molecule has 49 heavy (non-hydrogen) atoms. The van der Waals surface area contributed by atoms with Gasteiger partial charge in [-0.3, -0.25) is 4.55 Å². The fraction of sp³-hybridized carbons (Fsp3) is 0.0476. The molecule has 0 saturated heterocycles. The predicted molar refractivity (Wildman–Crippen MR) is 139 cm³/mol. The van der Waals surface area contributed by atoms with E-state index in [1.54, 1.807) is 0 Å². The van der Waals surface area contributed by atoms with Gasteiger partial charge in [0.25, 0.3) is 10.1 Å². The molecular weight excluding hydrogens is 785 g/mol. The number of benzene rings is 2. The smallest absolute Gasteiger partial charge is 0.857 e. The maximum atomic E-state index is 13.7. The van der Waals surface area contributed by atoms with Crippen LogP contribution in [0, 0.1) is 13.0 Å². The standard InChI is InChI=1S/C21H15ClFN7O12S3.4Na/c1-8-15(22)18(26-21(23)24-8)25-9-2-4-13(44(37,38)39)11(6-9)27-28-16-17(20(32)33)29-30(19(16)31)12-7-10(43(34,35)36)3-5-14(12)45(40,41)42;;;;/h2-7,31H,1H3,(H,32,33)(H,24,25,26)(H,34,35,36)(H,37,38,39)(H,40,41,42);;;;/q;4*+1/p-4. The van der Waals surface area contributed by atoms with E-state index in [9.17, 15) is 58.3 Å². The number of aryl methyl sites for hydroxylation is 1. The van der Waals surface area contributed by atoms with Crippen LogP contribution in [0.15, 0.2) is 61.3 Å². The summed E-state index contributed by atoms with van der Waals surface area (Å²) < 4.78 is 117. The van der Waals surface area contributed by atoms with E-state index >= 15 is 0 Å². The van der Waals surface area contributed by atoms with Gasteiger partial charge in [0.15, 0.2) is 5.82 Å². The Hall–Kier alpha value is -0.650. The zero-order valence-electron chi connectivity index (χ0n) is 25.6. The first kappa shape index (κ1) is 48.3. The van der Waals surface area contributed by atoms with E-state index in [1.165, 1.54) is 6.92 Å². The number of halogens is 2. The molecule has 0 fully saturated rings. The average Bonchev–Trinajstić information content (AvgIpc) is 3.24. The zero-order valence-corrected chi connectivity index (χ0v) is 36.8. The first-order valence-corrected chi connectivity index (χ1v) is 15.9. The van der Waals surface area contributed by atoms with E-state index in [0.717, 1.165) is 12.1 Å². The number of azo groups is 1. The number of rotatable bonds is 9. The number of carboxylic acid groups (broad SMARTS) is 1. The van der Waals surface area contributed by atoms with Crippen molar-refractivity contribution < 1.29 is 177 Å². The van der Waals surface area contributed by atoms with Gasteiger partial charge in [0, 0.05) is 11.6 Å². The zero-order chi connectivity index (χ0) is 33.6. The Labute approximate surface area is 369 Å². The molecule has 0 aliphatic carbocycles. The SMILES string of the molecule is Cc1nc(F)nc(Nc2ccc(S(=O)(=O)[O-])c(N=Nc3c(C(=O)[O-])nn(-c4cc(S(=O)(=O)[O-])ccc4S(=O)(=O)O)c3[O-])c2)c1Cl.[Na+].[Na+].[Na+].[Na+]. The van der Waals surface area contributed by atoms with Crippen molar-refractivity contribution in [2.45, 2.75) is 21.6 Å². The van der Waals surface area contributed by atoms with Crippen LogP contribution in [0.4, 0.5) is 27.3 Å². The Morgan fingerprint density at radius 3 is 2.06 bits per heavy atom. The summed E-state index contributed by atoms with van der Waals surface area (Å²) in [6, 6.07) is 3.72. The summed E-state index contributed by atoms with van der Waals surface area (Å²) in [6.45, 7) is 1.34. The van der Waals surface area contributed by atoms with Gasteiger partial charge in [-0.05, 0) is 43.3 Å². The third kappa shape index (κ3) is 11.4. The Morgan fingerprint density at radius 1 is 0.939 bits per heavy atom. The molecule has 0 atom stereocenters. The molecule has 0 aliphatic rings. The van der Waals surface area contributed by atoms with Gasteiger partial charge in [-0.1, -0.05) is 11.6 Å². The molecule has 2 aromatic carbocycles. The van der Waals surface area contributed by atoms with Crippen LogP contribution in [0.2, 0.25) is 5.02 Å². The number of anilines is 2. The summed E-state index contributed by atoms with van der Waals surface area (Å²) >= 11 is 6.04. The van der Waals surface area contributed by atoms with Crippen LogP contribution in [0.3, 0.4) is 0 Å². The van der Waals surface area contributed by atoms with E-state index in [4.69, 9.17) is 11.6 Å². The number of hydrogen-bond acceptors (Lipinski definition) is 17. The van der Waals surface area contributed by atoms with Crippen molar-refractivity contribution in [3.8, 4) is 11.6 Å². The minimum atomic E-state index is -5.32. The summed E-state index contributed by atoms with van der Waals surface area (Å²) in [4.78, 5) is 15.2. The Bertz CT molecular complexity index is 2280. The van der Waals surface area contributed by atoms with Crippen LogP contribution < -0.4 is 134 Å². The Morgan fingerprint density at radius 2 is 1.53 bits per heavy atom. The fourth-order valence-corrected chi connectivity index (χ4v) is 5.42. The van der Waals surface area contributed by atoms with E-state index in [-0.39, 0.29) is 145 Å². The molecule has 238 valence electrons. The maximum absolute atomic E-state index is 13.7. The van der Waals surface area contributed by atoms with Gasteiger partial charge in [0.05, 0.1) is 27.1 Å². The molecule has 2 heterocycles. The van der Waals surface area contributed by atoms with Gasteiger partial charge in [-0.2, -0.15) is 22.9 Å². The summed E-state index contributed by atoms with van der Waals surface area (Å²) in [5, 5.41) is 37.4. The van der Waals surface area contributed by atoms with Gasteiger partial charge in [0.1, 0.15) is 47.2 Å². The number of nitrogens with one attached hydrogen (secondary N) is 1. The minimum Gasteiger partial charge on any atom is -0.857 e. The van der Waals surface area contributed by atoms with E-state index < -0.39 is 85.7 Å². The molecule has 2 aromatic heterocycles. The minimum absolute atomic E-state index is 0. The number of carbonyl (C=O) groups excluding carboxylic acids is 1. The summed E-state index contributed by atoms with van der Waals surface area (Å²) in [5.74, 6) is -4.19. The molecule has 2 N–H and O–H groups in total. The van der Waals surface area contributed by atoms with Crippen molar-refractivity contribution in [2.75, 3.05) is 5.32 Å². The molecule has 0 amide bonds. The Kier molecular flexibility index (Phi) is 18.2. The molecule has 0 bridgehead atoms. The first-order valence-electron chi connectivity index (χ1n) is 11.3. The maximum Gasteiger partial charge on any atom is 1.00 e. The van der Waals surface area contributed by atoms with E-state index in [2.05, 4.69) is 30.6 Å². The van der Waals surface area contributed by atoms with Crippen LogP contribution >= 0.6 is 11.6 Å². The second-order valence-corrected chi connectivity index (χ2v) is 13.0. The monoisotopic (exact) mass is 795 g/mol. The molecular formula is C21H11ClFN7Na4O12S3. The van der Waals surface area contributed by atoms with Crippen LogP contribution in [0.5, 0.6) is 5.88 Å². The van der Waals surface area contributed by atoms with Gasteiger partial charge in [-0.25, -0.2) is 26.5 Å². The number of nitrogens with zero attached hydrogens (tertiary/aromatic N) is 6.